The second-order valence-electron chi connectivity index (χ2n) is 6.88. The minimum atomic E-state index is 0.202. The first kappa shape index (κ1) is 17.7. The first-order valence-corrected chi connectivity index (χ1v) is 9.42. The number of unbranched alkanes of at least 4 members (excludes halogenated alkanes) is 2. The number of hydrogen-bond donors (Lipinski definition) is 0. The van der Waals surface area contributed by atoms with Crippen LogP contribution in [0.25, 0.3) is 21.8 Å². The van der Waals surface area contributed by atoms with E-state index in [0.717, 1.165) is 47.7 Å². The maximum absolute atomic E-state index is 12.9. The molecule has 0 saturated heterocycles. The van der Waals surface area contributed by atoms with Crippen LogP contribution in [0.15, 0.2) is 48.5 Å². The number of fused-ring (bicyclic) bond motifs is 3. The van der Waals surface area contributed by atoms with E-state index in [1.807, 2.05) is 41.0 Å². The van der Waals surface area contributed by atoms with Gasteiger partial charge in [-0.1, -0.05) is 49.7 Å². The molecule has 0 radical (unpaired) electrons. The fourth-order valence-electron chi connectivity index (χ4n) is 3.50. The second kappa shape index (κ2) is 8.30. The number of benzene rings is 2. The first-order valence-electron chi connectivity index (χ1n) is 9.42. The van der Waals surface area contributed by atoms with Crippen molar-refractivity contribution in [2.24, 2.45) is 0 Å². The van der Waals surface area contributed by atoms with Crippen LogP contribution in [0.4, 0.5) is 0 Å². The molecule has 25 heavy (non-hydrogen) atoms. The van der Waals surface area contributed by atoms with Gasteiger partial charge < -0.3 is 4.90 Å². The molecule has 3 rings (SSSR count). The fourth-order valence-corrected chi connectivity index (χ4v) is 3.50. The van der Waals surface area contributed by atoms with Crippen LogP contribution in [0.3, 0.4) is 0 Å². The molecule has 0 aliphatic carbocycles. The van der Waals surface area contributed by atoms with Gasteiger partial charge in [0.1, 0.15) is 0 Å². The summed E-state index contributed by atoms with van der Waals surface area (Å²) in [6.45, 7) is 4.44. The molecule has 1 aromatic heterocycles. The van der Waals surface area contributed by atoms with Crippen LogP contribution in [0.5, 0.6) is 0 Å². The van der Waals surface area contributed by atoms with Gasteiger partial charge in [0.05, 0.1) is 11.0 Å². The van der Waals surface area contributed by atoms with Crippen molar-refractivity contribution in [3.8, 4) is 0 Å². The standard InChI is InChI=1S/C22H28N2O/c1-3-4-16-23(2)17-10-9-15-22(25)24-20-13-7-5-11-18(20)19-12-6-8-14-21(19)24/h5-8,11-14H,3-4,9-10,15-17H2,1-2H3. The zero-order valence-electron chi connectivity index (χ0n) is 15.4. The Labute approximate surface area is 150 Å². The summed E-state index contributed by atoms with van der Waals surface area (Å²) >= 11 is 0. The smallest absolute Gasteiger partial charge is 0.231 e. The first-order chi connectivity index (χ1) is 12.2. The summed E-state index contributed by atoms with van der Waals surface area (Å²) in [7, 11) is 2.17. The molecule has 1 heterocycles. The van der Waals surface area contributed by atoms with Crippen LogP contribution in [0.1, 0.15) is 43.8 Å². The quantitative estimate of drug-likeness (QED) is 0.519. The molecule has 3 heteroatoms. The zero-order chi connectivity index (χ0) is 17.6. The van der Waals surface area contributed by atoms with Gasteiger partial charge in [0, 0.05) is 17.2 Å². The topological polar surface area (TPSA) is 25.2 Å². The summed E-state index contributed by atoms with van der Waals surface area (Å²) in [4.78, 5) is 15.3. The van der Waals surface area contributed by atoms with E-state index in [0.29, 0.717) is 6.42 Å². The Hall–Kier alpha value is -2.13. The highest BCUT2D eigenvalue weighted by Gasteiger charge is 2.14. The lowest BCUT2D eigenvalue weighted by Crippen LogP contribution is -2.21. The third-order valence-corrected chi connectivity index (χ3v) is 4.90. The Morgan fingerprint density at radius 2 is 1.44 bits per heavy atom. The molecule has 0 atom stereocenters. The molecule has 0 aliphatic rings. The van der Waals surface area contributed by atoms with Crippen LogP contribution in [-0.4, -0.2) is 35.5 Å². The van der Waals surface area contributed by atoms with Crippen LogP contribution < -0.4 is 0 Å². The van der Waals surface area contributed by atoms with E-state index in [9.17, 15) is 4.79 Å². The number of hydrogen-bond acceptors (Lipinski definition) is 2. The lowest BCUT2D eigenvalue weighted by atomic mass is 10.2. The van der Waals surface area contributed by atoms with Crippen molar-refractivity contribution in [1.29, 1.82) is 0 Å². The minimum absolute atomic E-state index is 0.202. The molecular weight excluding hydrogens is 308 g/mol. The molecule has 0 unspecified atom stereocenters. The van der Waals surface area contributed by atoms with Crippen molar-refractivity contribution in [2.75, 3.05) is 20.1 Å². The minimum Gasteiger partial charge on any atom is -0.306 e. The average molecular weight is 336 g/mol. The van der Waals surface area contributed by atoms with Crippen molar-refractivity contribution in [3.05, 3.63) is 48.5 Å². The second-order valence-corrected chi connectivity index (χ2v) is 6.88. The van der Waals surface area contributed by atoms with E-state index in [1.54, 1.807) is 0 Å². The number of nitrogens with zero attached hydrogens (tertiary/aromatic N) is 2. The Balaban J connectivity index is 1.70. The van der Waals surface area contributed by atoms with Gasteiger partial charge in [0.15, 0.2) is 0 Å². The summed E-state index contributed by atoms with van der Waals surface area (Å²) in [6, 6.07) is 16.4. The van der Waals surface area contributed by atoms with Crippen molar-refractivity contribution in [1.82, 2.24) is 9.47 Å². The highest BCUT2D eigenvalue weighted by molar-refractivity contribution is 6.13. The molecule has 0 bridgehead atoms. The van der Waals surface area contributed by atoms with Gasteiger partial charge in [-0.2, -0.15) is 0 Å². The monoisotopic (exact) mass is 336 g/mol. The molecule has 0 spiro atoms. The number of rotatable bonds is 8. The third kappa shape index (κ3) is 3.93. The van der Waals surface area contributed by atoms with Gasteiger partial charge in [0.2, 0.25) is 5.91 Å². The predicted octanol–water partition coefficient (Wildman–Crippen LogP) is 5.34. The summed E-state index contributed by atoms with van der Waals surface area (Å²) in [5.41, 5.74) is 2.04. The maximum atomic E-state index is 12.9. The molecule has 0 aliphatic heterocycles. The molecule has 2 aromatic carbocycles. The molecule has 0 saturated carbocycles. The van der Waals surface area contributed by atoms with Crippen LogP contribution in [0.2, 0.25) is 0 Å². The fraction of sp³-hybridized carbons (Fsp3) is 0.409. The molecule has 132 valence electrons. The maximum Gasteiger partial charge on any atom is 0.231 e. The van der Waals surface area contributed by atoms with E-state index in [4.69, 9.17) is 0 Å². The number of carbonyl (C=O) groups excluding carboxylic acids is 1. The highest BCUT2D eigenvalue weighted by atomic mass is 16.2. The molecule has 3 aromatic rings. The molecule has 3 nitrogen and oxygen atoms in total. The number of carbonyl (C=O) groups is 1. The normalized spacial score (nSPS) is 11.6. The summed E-state index contributed by atoms with van der Waals surface area (Å²) in [6.07, 6.45) is 5.09. The lowest BCUT2D eigenvalue weighted by Gasteiger charge is -2.15. The van der Waals surface area contributed by atoms with Crippen molar-refractivity contribution < 1.29 is 4.79 Å². The SMILES string of the molecule is CCCCN(C)CCCCC(=O)n1c2ccccc2c2ccccc21. The van der Waals surface area contributed by atoms with E-state index in [-0.39, 0.29) is 5.91 Å². The predicted molar refractivity (Wildman–Crippen MR) is 106 cm³/mol. The van der Waals surface area contributed by atoms with E-state index in [1.165, 1.54) is 12.8 Å². The highest BCUT2D eigenvalue weighted by Crippen LogP contribution is 2.29. The Kier molecular flexibility index (Phi) is 5.87. The van der Waals surface area contributed by atoms with Crippen molar-refractivity contribution in [2.45, 2.75) is 39.0 Å². The summed E-state index contributed by atoms with van der Waals surface area (Å²) < 4.78 is 1.91. The van der Waals surface area contributed by atoms with Crippen LogP contribution in [-0.2, 0) is 0 Å². The Bertz CT molecular complexity index is 796. The number of para-hydroxylation sites is 2. The average Bonchev–Trinajstić information content (AvgIpc) is 2.98. The lowest BCUT2D eigenvalue weighted by molar-refractivity contribution is 0.0908. The van der Waals surface area contributed by atoms with Crippen LogP contribution >= 0.6 is 0 Å². The Morgan fingerprint density at radius 3 is 2.04 bits per heavy atom. The molecular formula is C22H28N2O. The van der Waals surface area contributed by atoms with Gasteiger partial charge >= 0.3 is 0 Å². The molecule has 0 amide bonds. The zero-order valence-corrected chi connectivity index (χ0v) is 15.4. The number of aromatic nitrogens is 1. The van der Waals surface area contributed by atoms with Crippen LogP contribution in [0, 0.1) is 0 Å². The van der Waals surface area contributed by atoms with Gasteiger partial charge in [0.25, 0.3) is 0 Å². The largest absolute Gasteiger partial charge is 0.306 e. The van der Waals surface area contributed by atoms with Gasteiger partial charge in [-0.05, 0) is 51.5 Å². The molecule has 0 fully saturated rings. The van der Waals surface area contributed by atoms with Crippen molar-refractivity contribution in [3.63, 3.8) is 0 Å². The van der Waals surface area contributed by atoms with E-state index in [2.05, 4.69) is 31.0 Å². The van der Waals surface area contributed by atoms with E-state index >= 15 is 0 Å². The van der Waals surface area contributed by atoms with Gasteiger partial charge in [-0.15, -0.1) is 0 Å². The third-order valence-electron chi connectivity index (χ3n) is 4.90. The Morgan fingerprint density at radius 1 is 0.880 bits per heavy atom. The molecule has 0 N–H and O–H groups in total. The van der Waals surface area contributed by atoms with Gasteiger partial charge in [-0.25, -0.2) is 0 Å². The van der Waals surface area contributed by atoms with Crippen molar-refractivity contribution >= 4 is 27.7 Å². The van der Waals surface area contributed by atoms with E-state index < -0.39 is 0 Å². The summed E-state index contributed by atoms with van der Waals surface area (Å²) in [5.74, 6) is 0.202. The summed E-state index contributed by atoms with van der Waals surface area (Å²) in [5, 5.41) is 2.32. The van der Waals surface area contributed by atoms with Gasteiger partial charge in [-0.3, -0.25) is 9.36 Å².